The summed E-state index contributed by atoms with van der Waals surface area (Å²) in [6.45, 7) is 15.2. The van der Waals surface area contributed by atoms with Crippen LogP contribution in [0, 0.1) is 11.8 Å². The van der Waals surface area contributed by atoms with Crippen molar-refractivity contribution in [3.63, 3.8) is 0 Å². The molecule has 0 bridgehead atoms. The molecular formula is C70H140O4. The van der Waals surface area contributed by atoms with Crippen molar-refractivity contribution in [2.75, 3.05) is 13.2 Å². The first-order chi connectivity index (χ1) is 36.3. The molecule has 0 aromatic heterocycles. The van der Waals surface area contributed by atoms with Gasteiger partial charge in [-0.25, -0.2) is 0 Å². The summed E-state index contributed by atoms with van der Waals surface area (Å²) in [6.07, 6.45) is 77.4. The number of esters is 2. The molecule has 0 aliphatic heterocycles. The van der Waals surface area contributed by atoms with Crippen LogP contribution in [-0.4, -0.2) is 25.2 Å². The van der Waals surface area contributed by atoms with Gasteiger partial charge in [0.15, 0.2) is 0 Å². The Morgan fingerprint density at radius 2 is 0.392 bits per heavy atom. The quantitative estimate of drug-likeness (QED) is 0.0450. The molecule has 0 atom stereocenters. The van der Waals surface area contributed by atoms with Crippen molar-refractivity contribution in [3.05, 3.63) is 0 Å². The topological polar surface area (TPSA) is 52.6 Å². The van der Waals surface area contributed by atoms with E-state index in [2.05, 4.69) is 41.5 Å². The zero-order valence-electron chi connectivity index (χ0n) is 52.2. The Hall–Kier alpha value is -1.06. The Bertz CT molecular complexity index is 1020. The summed E-state index contributed by atoms with van der Waals surface area (Å²) in [5.41, 5.74) is 0. The number of hydrogen-bond acceptors (Lipinski definition) is 4. The largest absolute Gasteiger partial charge is 0.466 e. The molecular weight excluding hydrogens is 905 g/mol. The molecule has 0 N–H and O–H groups in total. The van der Waals surface area contributed by atoms with Crippen LogP contribution >= 0.6 is 0 Å². The molecule has 0 saturated carbocycles. The molecule has 0 aliphatic carbocycles. The van der Waals surface area contributed by atoms with E-state index in [1.807, 2.05) is 0 Å². The lowest BCUT2D eigenvalue weighted by molar-refractivity contribution is -0.144. The fraction of sp³-hybridized carbons (Fsp3) is 0.971. The third-order valence-corrected chi connectivity index (χ3v) is 15.8. The standard InChI is InChI=1S/C36H72O2.C34H68O2/c1-4-5-6-7-8-9-10-11-12-15-18-21-24-27-30-33-36(37)38-34-31-28-25-22-19-16-13-14-17-20-23-26-29-32-35(2)3;1-4-5-6-7-8-9-10-12-16-19-22-25-28-31-34(35)36-32-29-26-23-20-17-14-11-13-15-18-21-24-27-30-33(2)3/h35H,4-34H2,1-3H3;33H,4-32H2,1-3H3. The Morgan fingerprint density at radius 3 is 0.581 bits per heavy atom. The SMILES string of the molecule is CCCCCCCCCCCCCCCC(=O)OCCCCCCCCCCCCCCCC(C)C.CCCCCCCCCCCCCCCCCC(=O)OCCCCCCCCCCCCCCCC(C)C. The highest BCUT2D eigenvalue weighted by molar-refractivity contribution is 5.69. The highest BCUT2D eigenvalue weighted by atomic mass is 16.5. The molecule has 0 unspecified atom stereocenters. The monoisotopic (exact) mass is 1050 g/mol. The van der Waals surface area contributed by atoms with Gasteiger partial charge in [-0.1, -0.05) is 375 Å². The second-order valence-corrected chi connectivity index (χ2v) is 24.7. The smallest absolute Gasteiger partial charge is 0.305 e. The van der Waals surface area contributed by atoms with Crippen LogP contribution < -0.4 is 0 Å². The molecule has 4 nitrogen and oxygen atoms in total. The first kappa shape index (κ1) is 75.0. The van der Waals surface area contributed by atoms with Gasteiger partial charge >= 0.3 is 11.9 Å². The fourth-order valence-corrected chi connectivity index (χ4v) is 10.6. The highest BCUT2D eigenvalue weighted by Gasteiger charge is 2.05. The number of hydrogen-bond donors (Lipinski definition) is 0. The van der Waals surface area contributed by atoms with Crippen LogP contribution in [-0.2, 0) is 19.1 Å². The van der Waals surface area contributed by atoms with E-state index in [0.717, 1.165) is 37.5 Å². The van der Waals surface area contributed by atoms with Gasteiger partial charge < -0.3 is 9.47 Å². The van der Waals surface area contributed by atoms with E-state index in [9.17, 15) is 9.59 Å². The predicted octanol–water partition coefficient (Wildman–Crippen LogP) is 25.0. The van der Waals surface area contributed by atoms with Crippen LogP contribution in [0.2, 0.25) is 0 Å². The van der Waals surface area contributed by atoms with E-state index in [4.69, 9.17) is 9.47 Å². The van der Waals surface area contributed by atoms with Crippen LogP contribution in [0.15, 0.2) is 0 Å². The van der Waals surface area contributed by atoms with Crippen molar-refractivity contribution in [1.29, 1.82) is 0 Å². The van der Waals surface area contributed by atoms with Gasteiger partial charge in [0.1, 0.15) is 0 Å². The molecule has 0 aromatic rings. The number of carbonyl (C=O) groups is 2. The van der Waals surface area contributed by atoms with E-state index in [1.165, 1.54) is 334 Å². The summed E-state index contributed by atoms with van der Waals surface area (Å²) in [5.74, 6) is 1.80. The normalized spacial score (nSPS) is 11.5. The first-order valence-electron chi connectivity index (χ1n) is 34.6. The average molecular weight is 1050 g/mol. The van der Waals surface area contributed by atoms with Gasteiger partial charge in [0.05, 0.1) is 13.2 Å². The minimum atomic E-state index is 0.0259. The second-order valence-electron chi connectivity index (χ2n) is 24.7. The summed E-state index contributed by atoms with van der Waals surface area (Å²) >= 11 is 0. The van der Waals surface area contributed by atoms with Crippen LogP contribution in [0.25, 0.3) is 0 Å². The van der Waals surface area contributed by atoms with E-state index in [0.29, 0.717) is 26.1 Å². The van der Waals surface area contributed by atoms with Crippen molar-refractivity contribution < 1.29 is 19.1 Å². The van der Waals surface area contributed by atoms with Crippen LogP contribution in [0.1, 0.15) is 414 Å². The molecule has 0 amide bonds. The van der Waals surface area contributed by atoms with Crippen LogP contribution in [0.5, 0.6) is 0 Å². The number of rotatable bonds is 62. The van der Waals surface area contributed by atoms with Crippen molar-refractivity contribution in [2.45, 2.75) is 414 Å². The van der Waals surface area contributed by atoms with E-state index >= 15 is 0 Å². The van der Waals surface area contributed by atoms with Gasteiger partial charge in [-0.2, -0.15) is 0 Å². The first-order valence-corrected chi connectivity index (χ1v) is 34.6. The molecule has 0 heterocycles. The third kappa shape index (κ3) is 73.0. The van der Waals surface area contributed by atoms with Gasteiger partial charge in [0.2, 0.25) is 0 Å². The Kier molecular flexibility index (Phi) is 69.0. The maximum atomic E-state index is 11.9. The van der Waals surface area contributed by atoms with Crippen LogP contribution in [0.3, 0.4) is 0 Å². The van der Waals surface area contributed by atoms with Crippen molar-refractivity contribution in [3.8, 4) is 0 Å². The zero-order valence-corrected chi connectivity index (χ0v) is 52.2. The second kappa shape index (κ2) is 68.0. The molecule has 4 heteroatoms. The van der Waals surface area contributed by atoms with Gasteiger partial charge in [-0.15, -0.1) is 0 Å². The molecule has 0 saturated heterocycles. The summed E-state index contributed by atoms with van der Waals surface area (Å²) in [7, 11) is 0. The molecule has 0 aliphatic rings. The lowest BCUT2D eigenvalue weighted by atomic mass is 10.0. The lowest BCUT2D eigenvalue weighted by Gasteiger charge is -2.06. The van der Waals surface area contributed by atoms with Gasteiger partial charge in [0, 0.05) is 12.8 Å². The number of carbonyl (C=O) groups excluding carboxylic acids is 2. The Morgan fingerprint density at radius 1 is 0.230 bits per heavy atom. The van der Waals surface area contributed by atoms with E-state index in [1.54, 1.807) is 0 Å². The molecule has 0 aromatic carbocycles. The highest BCUT2D eigenvalue weighted by Crippen LogP contribution is 2.19. The minimum absolute atomic E-state index is 0.0259. The van der Waals surface area contributed by atoms with Gasteiger partial charge in [-0.3, -0.25) is 9.59 Å². The summed E-state index contributed by atoms with van der Waals surface area (Å²) in [4.78, 5) is 23.8. The Labute approximate surface area is 467 Å². The number of ether oxygens (including phenoxy) is 2. The molecule has 0 spiro atoms. The van der Waals surface area contributed by atoms with Crippen LogP contribution in [0.4, 0.5) is 0 Å². The predicted molar refractivity (Wildman–Crippen MR) is 331 cm³/mol. The van der Waals surface area contributed by atoms with Crippen molar-refractivity contribution in [1.82, 2.24) is 0 Å². The average Bonchev–Trinajstić information content (AvgIpc) is 3.38. The lowest BCUT2D eigenvalue weighted by Crippen LogP contribution is -2.05. The van der Waals surface area contributed by atoms with E-state index < -0.39 is 0 Å². The van der Waals surface area contributed by atoms with Gasteiger partial charge in [0.25, 0.3) is 0 Å². The van der Waals surface area contributed by atoms with Crippen molar-refractivity contribution in [2.24, 2.45) is 11.8 Å². The molecule has 444 valence electrons. The number of unbranched alkanes of at least 4 members (excludes halogenated alkanes) is 50. The maximum absolute atomic E-state index is 11.9. The molecule has 0 fully saturated rings. The molecule has 0 rings (SSSR count). The molecule has 74 heavy (non-hydrogen) atoms. The Balaban J connectivity index is 0. The van der Waals surface area contributed by atoms with Gasteiger partial charge in [-0.05, 0) is 37.5 Å². The summed E-state index contributed by atoms with van der Waals surface area (Å²) < 4.78 is 10.9. The minimum Gasteiger partial charge on any atom is -0.466 e. The van der Waals surface area contributed by atoms with E-state index in [-0.39, 0.29) is 11.9 Å². The zero-order chi connectivity index (χ0) is 54.2. The fourth-order valence-electron chi connectivity index (χ4n) is 10.6. The summed E-state index contributed by atoms with van der Waals surface area (Å²) in [5, 5.41) is 0. The maximum Gasteiger partial charge on any atom is 0.305 e. The third-order valence-electron chi connectivity index (χ3n) is 15.8. The summed E-state index contributed by atoms with van der Waals surface area (Å²) in [6, 6.07) is 0. The van der Waals surface area contributed by atoms with Crippen molar-refractivity contribution >= 4 is 11.9 Å². The molecule has 0 radical (unpaired) electrons.